The highest BCUT2D eigenvalue weighted by Gasteiger charge is 2.33. The van der Waals surface area contributed by atoms with Gasteiger partial charge in [-0.3, -0.25) is 4.90 Å². The molecule has 0 bridgehead atoms. The van der Waals surface area contributed by atoms with Crippen molar-refractivity contribution in [3.05, 3.63) is 59.2 Å². The molecule has 2 heterocycles. The van der Waals surface area contributed by atoms with Crippen LogP contribution < -0.4 is 0 Å². The van der Waals surface area contributed by atoms with E-state index in [0.717, 1.165) is 56.8 Å². The highest BCUT2D eigenvalue weighted by atomic mass is 19.4. The van der Waals surface area contributed by atoms with Crippen LogP contribution in [0.5, 0.6) is 0 Å². The molecule has 146 valence electrons. The minimum atomic E-state index is -4.28. The first kappa shape index (κ1) is 19.8. The molecule has 27 heavy (non-hydrogen) atoms. The van der Waals surface area contributed by atoms with E-state index in [-0.39, 0.29) is 0 Å². The van der Waals surface area contributed by atoms with Crippen LogP contribution in [0.1, 0.15) is 48.8 Å². The Morgan fingerprint density at radius 2 is 2.00 bits per heavy atom. The Morgan fingerprint density at radius 3 is 2.78 bits per heavy atom. The largest absolute Gasteiger partial charge is 0.416 e. The van der Waals surface area contributed by atoms with Crippen molar-refractivity contribution in [2.75, 3.05) is 13.1 Å². The first-order valence-electron chi connectivity index (χ1n) is 9.64. The molecule has 1 atom stereocenters. The van der Waals surface area contributed by atoms with Crippen molar-refractivity contribution in [1.82, 2.24) is 14.9 Å². The van der Waals surface area contributed by atoms with Crippen molar-refractivity contribution in [3.8, 4) is 0 Å². The average Bonchev–Trinajstić information content (AvgIpc) is 2.66. The standard InChI is InChI=1S/C21H26F3N3/c1-2-20-25-12-11-18(26-20)15-27-13-5-6-16(14-27)9-10-17-7-3-4-8-19(17)21(22,23)24/h3-4,7-8,11-12,16H,2,5-6,9-10,13-15H2,1H3. The second-order valence-corrected chi connectivity index (χ2v) is 7.25. The molecular formula is C21H26F3N3. The fourth-order valence-corrected chi connectivity index (χ4v) is 3.83. The number of piperidine rings is 1. The Balaban J connectivity index is 1.57. The zero-order chi connectivity index (χ0) is 19.3. The Hall–Kier alpha value is -1.95. The van der Waals surface area contributed by atoms with Crippen molar-refractivity contribution in [2.45, 2.75) is 51.7 Å². The molecule has 0 amide bonds. The van der Waals surface area contributed by atoms with Gasteiger partial charge in [-0.15, -0.1) is 0 Å². The molecule has 3 nitrogen and oxygen atoms in total. The molecule has 3 rings (SSSR count). The van der Waals surface area contributed by atoms with Gasteiger partial charge in [0.1, 0.15) is 5.82 Å². The molecule has 1 aliphatic heterocycles. The van der Waals surface area contributed by atoms with Crippen molar-refractivity contribution in [2.24, 2.45) is 5.92 Å². The highest BCUT2D eigenvalue weighted by molar-refractivity contribution is 5.29. The van der Waals surface area contributed by atoms with Crippen LogP contribution in [-0.4, -0.2) is 28.0 Å². The fourth-order valence-electron chi connectivity index (χ4n) is 3.83. The van der Waals surface area contributed by atoms with Gasteiger partial charge in [-0.25, -0.2) is 9.97 Å². The van der Waals surface area contributed by atoms with Crippen LogP contribution in [0.25, 0.3) is 0 Å². The molecule has 1 aromatic heterocycles. The summed E-state index contributed by atoms with van der Waals surface area (Å²) in [5.41, 5.74) is 0.932. The van der Waals surface area contributed by atoms with Gasteiger partial charge in [-0.05, 0) is 55.8 Å². The van der Waals surface area contributed by atoms with Crippen LogP contribution in [0.3, 0.4) is 0 Å². The van der Waals surface area contributed by atoms with Gasteiger partial charge in [0.05, 0.1) is 11.3 Å². The second kappa shape index (κ2) is 8.83. The minimum absolute atomic E-state index is 0.408. The fraction of sp³-hybridized carbons (Fsp3) is 0.524. The lowest BCUT2D eigenvalue weighted by Gasteiger charge is -2.32. The SMILES string of the molecule is CCc1nccc(CN2CCCC(CCc3ccccc3C(F)(F)F)C2)n1. The number of aromatic nitrogens is 2. The monoisotopic (exact) mass is 377 g/mol. The summed E-state index contributed by atoms with van der Waals surface area (Å²) < 4.78 is 39.5. The molecule has 6 heteroatoms. The zero-order valence-electron chi connectivity index (χ0n) is 15.7. The van der Waals surface area contributed by atoms with E-state index in [2.05, 4.69) is 14.9 Å². The zero-order valence-corrected chi connectivity index (χ0v) is 15.7. The predicted octanol–water partition coefficient (Wildman–Crippen LogP) is 4.90. The number of rotatable bonds is 6. The van der Waals surface area contributed by atoms with Crippen LogP contribution in [-0.2, 0) is 25.6 Å². The molecule has 0 saturated carbocycles. The van der Waals surface area contributed by atoms with E-state index in [9.17, 15) is 13.2 Å². The van der Waals surface area contributed by atoms with E-state index in [0.29, 0.717) is 17.9 Å². The van der Waals surface area contributed by atoms with Crippen LogP contribution in [0.2, 0.25) is 0 Å². The molecule has 2 aromatic rings. The van der Waals surface area contributed by atoms with Gasteiger partial charge in [-0.1, -0.05) is 25.1 Å². The first-order valence-corrected chi connectivity index (χ1v) is 9.64. The van der Waals surface area contributed by atoms with Gasteiger partial charge in [0, 0.05) is 25.7 Å². The number of aryl methyl sites for hydroxylation is 2. The number of hydrogen-bond donors (Lipinski definition) is 0. The molecular weight excluding hydrogens is 351 g/mol. The lowest BCUT2D eigenvalue weighted by atomic mass is 9.90. The molecule has 0 spiro atoms. The molecule has 1 saturated heterocycles. The maximum absolute atomic E-state index is 13.2. The third-order valence-electron chi connectivity index (χ3n) is 5.21. The van der Waals surface area contributed by atoms with Gasteiger partial charge >= 0.3 is 6.18 Å². The molecule has 0 radical (unpaired) electrons. The van der Waals surface area contributed by atoms with E-state index in [1.165, 1.54) is 12.1 Å². The molecule has 0 aliphatic carbocycles. The number of nitrogens with zero attached hydrogens (tertiary/aromatic N) is 3. The molecule has 1 aromatic carbocycles. The molecule has 1 fully saturated rings. The Kier molecular flexibility index (Phi) is 6.47. The lowest BCUT2D eigenvalue weighted by molar-refractivity contribution is -0.138. The van der Waals surface area contributed by atoms with Gasteiger partial charge in [0.15, 0.2) is 0 Å². The summed E-state index contributed by atoms with van der Waals surface area (Å²) >= 11 is 0. The second-order valence-electron chi connectivity index (χ2n) is 7.25. The summed E-state index contributed by atoms with van der Waals surface area (Å²) in [7, 11) is 0. The van der Waals surface area contributed by atoms with Gasteiger partial charge in [0.25, 0.3) is 0 Å². The van der Waals surface area contributed by atoms with E-state index in [4.69, 9.17) is 0 Å². The number of likely N-dealkylation sites (tertiary alicyclic amines) is 1. The summed E-state index contributed by atoms with van der Waals surface area (Å²) in [6.07, 6.45) is 1.76. The summed E-state index contributed by atoms with van der Waals surface area (Å²) in [5.74, 6) is 1.28. The topological polar surface area (TPSA) is 29.0 Å². The summed E-state index contributed by atoms with van der Waals surface area (Å²) in [6.45, 7) is 4.75. The van der Waals surface area contributed by atoms with Crippen molar-refractivity contribution >= 4 is 0 Å². The first-order chi connectivity index (χ1) is 13.0. The van der Waals surface area contributed by atoms with Gasteiger partial charge in [0.2, 0.25) is 0 Å². The Morgan fingerprint density at radius 1 is 1.19 bits per heavy atom. The van der Waals surface area contributed by atoms with Crippen molar-refractivity contribution in [1.29, 1.82) is 0 Å². The molecule has 1 unspecified atom stereocenters. The predicted molar refractivity (Wildman–Crippen MR) is 99.2 cm³/mol. The van der Waals surface area contributed by atoms with Crippen molar-refractivity contribution in [3.63, 3.8) is 0 Å². The smallest absolute Gasteiger partial charge is 0.297 e. The normalized spacial score (nSPS) is 18.6. The Labute approximate surface area is 158 Å². The van der Waals surface area contributed by atoms with E-state index in [1.807, 2.05) is 13.0 Å². The summed E-state index contributed by atoms with van der Waals surface area (Å²) in [5, 5.41) is 0. The average molecular weight is 377 g/mol. The van der Waals surface area contributed by atoms with Gasteiger partial charge in [-0.2, -0.15) is 13.2 Å². The maximum atomic E-state index is 13.2. The van der Waals surface area contributed by atoms with Crippen molar-refractivity contribution < 1.29 is 13.2 Å². The van der Waals surface area contributed by atoms with Crippen LogP contribution >= 0.6 is 0 Å². The van der Waals surface area contributed by atoms with Crippen LogP contribution in [0, 0.1) is 5.92 Å². The van der Waals surface area contributed by atoms with E-state index in [1.54, 1.807) is 18.3 Å². The molecule has 0 N–H and O–H groups in total. The summed E-state index contributed by atoms with van der Waals surface area (Å²) in [6, 6.07) is 7.89. The highest BCUT2D eigenvalue weighted by Crippen LogP contribution is 2.33. The quantitative estimate of drug-likeness (QED) is 0.717. The van der Waals surface area contributed by atoms with E-state index >= 15 is 0 Å². The maximum Gasteiger partial charge on any atom is 0.416 e. The Bertz CT molecular complexity index is 745. The van der Waals surface area contributed by atoms with Crippen LogP contribution in [0.15, 0.2) is 36.5 Å². The number of hydrogen-bond acceptors (Lipinski definition) is 3. The third-order valence-corrected chi connectivity index (χ3v) is 5.21. The van der Waals surface area contributed by atoms with Gasteiger partial charge < -0.3 is 0 Å². The third kappa shape index (κ3) is 5.51. The number of halogens is 3. The lowest BCUT2D eigenvalue weighted by Crippen LogP contribution is -2.35. The number of benzene rings is 1. The van der Waals surface area contributed by atoms with E-state index < -0.39 is 11.7 Å². The molecule has 1 aliphatic rings. The number of alkyl halides is 3. The van der Waals surface area contributed by atoms with Crippen LogP contribution in [0.4, 0.5) is 13.2 Å². The summed E-state index contributed by atoms with van der Waals surface area (Å²) in [4.78, 5) is 11.2. The minimum Gasteiger partial charge on any atom is -0.297 e.